The van der Waals surface area contributed by atoms with E-state index in [2.05, 4.69) is 0 Å². The maximum atomic E-state index is 5.54. The third-order valence-electron chi connectivity index (χ3n) is 1.56. The lowest BCUT2D eigenvalue weighted by atomic mass is 10.4. The van der Waals surface area contributed by atoms with Gasteiger partial charge in [-0.05, 0) is 25.0 Å². The van der Waals surface area contributed by atoms with Gasteiger partial charge in [0.1, 0.15) is 0 Å². The highest BCUT2D eigenvalue weighted by Gasteiger charge is 1.94. The van der Waals surface area contributed by atoms with Gasteiger partial charge in [-0.3, -0.25) is 0 Å². The van der Waals surface area contributed by atoms with Crippen molar-refractivity contribution < 1.29 is 4.74 Å². The molecule has 1 fully saturated rings. The van der Waals surface area contributed by atoms with Crippen LogP contribution in [0.25, 0.3) is 0 Å². The van der Waals surface area contributed by atoms with E-state index in [1.54, 1.807) is 0 Å². The van der Waals surface area contributed by atoms with Crippen LogP contribution in [-0.2, 0) is 4.74 Å². The number of hydrogen-bond acceptors (Lipinski definition) is 1. The molecule has 0 unspecified atom stereocenters. The Morgan fingerprint density at radius 2 is 1.58 bits per heavy atom. The molecule has 1 aromatic carbocycles. The largest absolute Gasteiger partial charge is 0.381 e. The van der Waals surface area contributed by atoms with E-state index in [0.717, 1.165) is 18.2 Å². The molecule has 0 aliphatic carbocycles. The summed E-state index contributed by atoms with van der Waals surface area (Å²) in [5.74, 6) is 0. The van der Waals surface area contributed by atoms with Crippen molar-refractivity contribution >= 4 is 11.6 Å². The van der Waals surface area contributed by atoms with Gasteiger partial charge in [0.15, 0.2) is 0 Å². The standard InChI is InChI=1S/C6H5Cl.C4H8O/c7-6-4-2-1-3-5-6;1-2-4-5-3-1/h1-5H;1-4H2. The third-order valence-corrected chi connectivity index (χ3v) is 1.81. The summed E-state index contributed by atoms with van der Waals surface area (Å²) < 4.78 is 4.94. The van der Waals surface area contributed by atoms with Crippen LogP contribution in [0.4, 0.5) is 0 Å². The summed E-state index contributed by atoms with van der Waals surface area (Å²) in [5.41, 5.74) is 0. The second kappa shape index (κ2) is 6.04. The van der Waals surface area contributed by atoms with Crippen molar-refractivity contribution in [2.45, 2.75) is 12.8 Å². The van der Waals surface area contributed by atoms with Gasteiger partial charge in [0.05, 0.1) is 0 Å². The molecule has 66 valence electrons. The molecular formula is C10H13ClO. The van der Waals surface area contributed by atoms with Crippen molar-refractivity contribution in [2.75, 3.05) is 13.2 Å². The molecule has 0 spiro atoms. The van der Waals surface area contributed by atoms with Gasteiger partial charge in [0, 0.05) is 18.2 Å². The normalized spacial score (nSPS) is 15.1. The zero-order valence-corrected chi connectivity index (χ0v) is 7.76. The van der Waals surface area contributed by atoms with Crippen LogP contribution in [-0.4, -0.2) is 13.2 Å². The minimum Gasteiger partial charge on any atom is -0.381 e. The van der Waals surface area contributed by atoms with Crippen molar-refractivity contribution in [1.29, 1.82) is 0 Å². The molecule has 0 N–H and O–H groups in total. The summed E-state index contributed by atoms with van der Waals surface area (Å²) in [6.45, 7) is 2.00. The summed E-state index contributed by atoms with van der Waals surface area (Å²) in [6.07, 6.45) is 2.56. The van der Waals surface area contributed by atoms with Crippen LogP contribution in [0.2, 0.25) is 5.02 Å². The van der Waals surface area contributed by atoms with E-state index in [1.807, 2.05) is 30.3 Å². The molecule has 0 aromatic heterocycles. The second-order valence-electron chi connectivity index (χ2n) is 2.62. The van der Waals surface area contributed by atoms with Crippen molar-refractivity contribution in [1.82, 2.24) is 0 Å². The molecule has 0 saturated carbocycles. The first-order valence-electron chi connectivity index (χ1n) is 4.18. The quantitative estimate of drug-likeness (QED) is 0.602. The van der Waals surface area contributed by atoms with Gasteiger partial charge in [0.2, 0.25) is 0 Å². The predicted octanol–water partition coefficient (Wildman–Crippen LogP) is 3.14. The minimum absolute atomic E-state index is 0.794. The Morgan fingerprint density at radius 1 is 1.00 bits per heavy atom. The minimum atomic E-state index is 0.794. The van der Waals surface area contributed by atoms with Gasteiger partial charge in [-0.1, -0.05) is 29.8 Å². The lowest BCUT2D eigenvalue weighted by Gasteiger charge is -1.80. The molecule has 1 aliphatic heterocycles. The van der Waals surface area contributed by atoms with Crippen molar-refractivity contribution in [3.8, 4) is 0 Å². The van der Waals surface area contributed by atoms with Gasteiger partial charge >= 0.3 is 0 Å². The van der Waals surface area contributed by atoms with E-state index >= 15 is 0 Å². The molecule has 2 rings (SSSR count). The smallest absolute Gasteiger partial charge is 0.0466 e. The Bertz CT molecular complexity index is 187. The van der Waals surface area contributed by atoms with E-state index in [9.17, 15) is 0 Å². The summed E-state index contributed by atoms with van der Waals surface area (Å²) in [4.78, 5) is 0. The Hall–Kier alpha value is -0.530. The Labute approximate surface area is 78.3 Å². The fourth-order valence-corrected chi connectivity index (χ4v) is 1.07. The van der Waals surface area contributed by atoms with Crippen LogP contribution in [0.5, 0.6) is 0 Å². The Morgan fingerprint density at radius 3 is 1.83 bits per heavy atom. The fourth-order valence-electron chi connectivity index (χ4n) is 0.925. The average Bonchev–Trinajstić information content (AvgIpc) is 2.62. The Balaban J connectivity index is 0.000000127. The summed E-state index contributed by atoms with van der Waals surface area (Å²) >= 11 is 5.54. The van der Waals surface area contributed by atoms with Gasteiger partial charge < -0.3 is 4.74 Å². The molecule has 0 radical (unpaired) electrons. The van der Waals surface area contributed by atoms with Crippen molar-refractivity contribution in [3.05, 3.63) is 35.4 Å². The second-order valence-corrected chi connectivity index (χ2v) is 3.05. The monoisotopic (exact) mass is 184 g/mol. The first kappa shape index (κ1) is 9.56. The van der Waals surface area contributed by atoms with E-state index in [-0.39, 0.29) is 0 Å². The summed E-state index contributed by atoms with van der Waals surface area (Å²) in [6, 6.07) is 9.44. The molecule has 1 aromatic rings. The highest BCUT2D eigenvalue weighted by molar-refractivity contribution is 6.30. The van der Waals surface area contributed by atoms with Gasteiger partial charge in [0.25, 0.3) is 0 Å². The number of benzene rings is 1. The molecule has 1 heterocycles. The highest BCUT2D eigenvalue weighted by atomic mass is 35.5. The number of hydrogen-bond donors (Lipinski definition) is 0. The first-order chi connectivity index (χ1) is 5.89. The molecule has 2 heteroatoms. The molecule has 12 heavy (non-hydrogen) atoms. The van der Waals surface area contributed by atoms with Crippen LogP contribution < -0.4 is 0 Å². The molecule has 0 bridgehead atoms. The maximum absolute atomic E-state index is 5.54. The molecule has 1 nitrogen and oxygen atoms in total. The van der Waals surface area contributed by atoms with Gasteiger partial charge in [-0.2, -0.15) is 0 Å². The topological polar surface area (TPSA) is 9.23 Å². The SMILES string of the molecule is C1CCOC1.Clc1ccccc1. The summed E-state index contributed by atoms with van der Waals surface area (Å²) in [7, 11) is 0. The van der Waals surface area contributed by atoms with E-state index in [4.69, 9.17) is 16.3 Å². The maximum Gasteiger partial charge on any atom is 0.0466 e. The average molecular weight is 185 g/mol. The van der Waals surface area contributed by atoms with Gasteiger partial charge in [-0.15, -0.1) is 0 Å². The molecule has 1 saturated heterocycles. The van der Waals surface area contributed by atoms with Crippen LogP contribution in [0.3, 0.4) is 0 Å². The van der Waals surface area contributed by atoms with Gasteiger partial charge in [-0.25, -0.2) is 0 Å². The molecule has 1 aliphatic rings. The zero-order chi connectivity index (χ0) is 8.65. The van der Waals surface area contributed by atoms with Crippen molar-refractivity contribution in [2.24, 2.45) is 0 Å². The lowest BCUT2D eigenvalue weighted by Crippen LogP contribution is -1.74. The van der Waals surface area contributed by atoms with Crippen LogP contribution in [0, 0.1) is 0 Å². The van der Waals surface area contributed by atoms with Crippen LogP contribution in [0.1, 0.15) is 12.8 Å². The molecule has 0 atom stereocenters. The van der Waals surface area contributed by atoms with Crippen LogP contribution in [0.15, 0.2) is 30.3 Å². The summed E-state index contributed by atoms with van der Waals surface area (Å²) in [5, 5.41) is 0.794. The van der Waals surface area contributed by atoms with Crippen molar-refractivity contribution in [3.63, 3.8) is 0 Å². The van der Waals surface area contributed by atoms with E-state index < -0.39 is 0 Å². The number of halogens is 1. The van der Waals surface area contributed by atoms with E-state index in [0.29, 0.717) is 0 Å². The third kappa shape index (κ3) is 4.37. The number of ether oxygens (including phenoxy) is 1. The predicted molar refractivity (Wildman–Crippen MR) is 51.5 cm³/mol. The highest BCUT2D eigenvalue weighted by Crippen LogP contribution is 2.03. The van der Waals surface area contributed by atoms with E-state index in [1.165, 1.54) is 12.8 Å². The molecular weight excluding hydrogens is 172 g/mol. The lowest BCUT2D eigenvalue weighted by molar-refractivity contribution is 0.198. The number of rotatable bonds is 0. The Kier molecular flexibility index (Phi) is 4.81. The fraction of sp³-hybridized carbons (Fsp3) is 0.400. The zero-order valence-electron chi connectivity index (χ0n) is 7.00. The first-order valence-corrected chi connectivity index (χ1v) is 4.55. The van der Waals surface area contributed by atoms with Crippen LogP contribution >= 0.6 is 11.6 Å². The molecule has 0 amide bonds.